The van der Waals surface area contributed by atoms with E-state index < -0.39 is 6.04 Å². The molecule has 1 heterocycles. The van der Waals surface area contributed by atoms with Gasteiger partial charge in [-0.15, -0.1) is 0 Å². The van der Waals surface area contributed by atoms with Crippen molar-refractivity contribution in [2.45, 2.75) is 19.5 Å². The molecule has 2 N–H and O–H groups in total. The smallest absolute Gasteiger partial charge is 0.315 e. The predicted molar refractivity (Wildman–Crippen MR) is 105 cm³/mol. The van der Waals surface area contributed by atoms with Crippen LogP contribution in [0.1, 0.15) is 28.6 Å². The maximum absolute atomic E-state index is 13.7. The van der Waals surface area contributed by atoms with Crippen LogP contribution in [0.2, 0.25) is 0 Å². The monoisotopic (exact) mass is 382 g/mol. The number of urea groups is 1. The highest BCUT2D eigenvalue weighted by Crippen LogP contribution is 2.23. The molecular formula is C21H23FN4O2. The number of carbonyl (C=O) groups is 1. The van der Waals surface area contributed by atoms with Gasteiger partial charge >= 0.3 is 6.03 Å². The molecule has 3 aromatic rings. The molecule has 0 aliphatic rings. The van der Waals surface area contributed by atoms with E-state index in [1.54, 1.807) is 32.4 Å². The van der Waals surface area contributed by atoms with Crippen LogP contribution in [-0.4, -0.2) is 22.7 Å². The Hall–Kier alpha value is -3.35. The van der Waals surface area contributed by atoms with E-state index in [4.69, 9.17) is 4.74 Å². The summed E-state index contributed by atoms with van der Waals surface area (Å²) in [6.45, 7) is 1.92. The third-order valence-corrected chi connectivity index (χ3v) is 4.53. The van der Waals surface area contributed by atoms with Crippen molar-refractivity contribution in [1.82, 2.24) is 20.2 Å². The Bertz CT molecular complexity index is 953. The normalized spacial score (nSPS) is 11.7. The van der Waals surface area contributed by atoms with E-state index in [2.05, 4.69) is 15.6 Å². The van der Waals surface area contributed by atoms with E-state index in [-0.39, 0.29) is 18.4 Å². The molecule has 7 heteroatoms. The second-order valence-corrected chi connectivity index (χ2v) is 6.51. The molecule has 1 atom stereocenters. The van der Waals surface area contributed by atoms with Gasteiger partial charge in [0.15, 0.2) is 0 Å². The van der Waals surface area contributed by atoms with E-state index in [9.17, 15) is 9.18 Å². The number of nitrogens with zero attached hydrogens (tertiary/aromatic N) is 2. The average molecular weight is 382 g/mol. The largest absolute Gasteiger partial charge is 0.497 e. The third-order valence-electron chi connectivity index (χ3n) is 4.53. The number of benzene rings is 2. The summed E-state index contributed by atoms with van der Waals surface area (Å²) in [4.78, 5) is 16.9. The maximum atomic E-state index is 13.7. The number of rotatable bonds is 6. The lowest BCUT2D eigenvalue weighted by molar-refractivity contribution is 0.237. The number of carbonyl (C=O) groups excluding carboxylic acids is 1. The van der Waals surface area contributed by atoms with Crippen LogP contribution in [0.4, 0.5) is 9.18 Å². The first-order valence-electron chi connectivity index (χ1n) is 8.88. The SMILES string of the molecule is COc1ccc(C(NC(=O)NCc2ccc(C)c(F)c2)c2nccn2C)cc1. The lowest BCUT2D eigenvalue weighted by Gasteiger charge is -2.20. The second kappa shape index (κ2) is 8.56. The average Bonchev–Trinajstić information content (AvgIpc) is 3.13. The van der Waals surface area contributed by atoms with Gasteiger partial charge in [0.25, 0.3) is 0 Å². The second-order valence-electron chi connectivity index (χ2n) is 6.51. The highest BCUT2D eigenvalue weighted by Gasteiger charge is 2.20. The zero-order valence-corrected chi connectivity index (χ0v) is 16.1. The highest BCUT2D eigenvalue weighted by atomic mass is 19.1. The fourth-order valence-electron chi connectivity index (χ4n) is 2.86. The van der Waals surface area contributed by atoms with Gasteiger partial charge in [-0.1, -0.05) is 24.3 Å². The minimum Gasteiger partial charge on any atom is -0.497 e. The summed E-state index contributed by atoms with van der Waals surface area (Å²) in [5, 5.41) is 5.71. The molecule has 1 aromatic heterocycles. The number of amides is 2. The molecular weight excluding hydrogens is 359 g/mol. The van der Waals surface area contributed by atoms with Crippen LogP contribution in [0, 0.1) is 12.7 Å². The maximum Gasteiger partial charge on any atom is 0.315 e. The summed E-state index contributed by atoms with van der Waals surface area (Å²) in [5.41, 5.74) is 2.13. The Labute approximate surface area is 163 Å². The van der Waals surface area contributed by atoms with Crippen LogP contribution in [0.25, 0.3) is 0 Å². The number of ether oxygens (including phenoxy) is 1. The summed E-state index contributed by atoms with van der Waals surface area (Å²) in [5.74, 6) is 1.14. The Morgan fingerprint density at radius 3 is 2.61 bits per heavy atom. The summed E-state index contributed by atoms with van der Waals surface area (Å²) in [7, 11) is 3.47. The molecule has 2 aromatic carbocycles. The first-order valence-corrected chi connectivity index (χ1v) is 8.88. The van der Waals surface area contributed by atoms with Crippen molar-refractivity contribution >= 4 is 6.03 Å². The van der Waals surface area contributed by atoms with Crippen molar-refractivity contribution in [3.05, 3.63) is 83.2 Å². The number of nitrogens with one attached hydrogen (secondary N) is 2. The van der Waals surface area contributed by atoms with Crippen molar-refractivity contribution in [2.24, 2.45) is 7.05 Å². The fraction of sp³-hybridized carbons (Fsp3) is 0.238. The molecule has 0 aliphatic heterocycles. The van der Waals surface area contributed by atoms with Gasteiger partial charge in [-0.2, -0.15) is 0 Å². The number of aryl methyl sites for hydroxylation is 2. The molecule has 0 spiro atoms. The first kappa shape index (κ1) is 19.4. The van der Waals surface area contributed by atoms with Crippen molar-refractivity contribution in [3.63, 3.8) is 0 Å². The standard InChI is InChI=1S/C21H23FN4O2/c1-14-4-5-15(12-18(14)22)13-24-21(27)25-19(20-23-10-11-26(20)2)16-6-8-17(28-3)9-7-16/h4-12,19H,13H2,1-3H3,(H2,24,25,27). The van der Waals surface area contributed by atoms with Gasteiger partial charge in [0, 0.05) is 26.0 Å². The van der Waals surface area contributed by atoms with Crippen LogP contribution >= 0.6 is 0 Å². The van der Waals surface area contributed by atoms with Gasteiger partial charge in [0.2, 0.25) is 0 Å². The Kier molecular flexibility index (Phi) is 5.93. The summed E-state index contributed by atoms with van der Waals surface area (Å²) in [6, 6.07) is 11.5. The molecule has 0 aliphatic carbocycles. The summed E-state index contributed by atoms with van der Waals surface area (Å²) >= 11 is 0. The zero-order valence-electron chi connectivity index (χ0n) is 16.1. The van der Waals surface area contributed by atoms with Crippen molar-refractivity contribution in [3.8, 4) is 5.75 Å². The van der Waals surface area contributed by atoms with Crippen molar-refractivity contribution in [2.75, 3.05) is 7.11 Å². The number of hydrogen-bond acceptors (Lipinski definition) is 3. The molecule has 1 unspecified atom stereocenters. The number of aromatic nitrogens is 2. The molecule has 0 bridgehead atoms. The van der Waals surface area contributed by atoms with E-state index in [1.807, 2.05) is 42.1 Å². The minimum atomic E-state index is -0.444. The molecule has 3 rings (SSSR count). The summed E-state index contributed by atoms with van der Waals surface area (Å²) < 4.78 is 20.7. The van der Waals surface area contributed by atoms with E-state index in [1.165, 1.54) is 6.07 Å². The van der Waals surface area contributed by atoms with Crippen molar-refractivity contribution < 1.29 is 13.9 Å². The minimum absolute atomic E-state index is 0.221. The molecule has 6 nitrogen and oxygen atoms in total. The topological polar surface area (TPSA) is 68.2 Å². The van der Waals surface area contributed by atoms with E-state index >= 15 is 0 Å². The molecule has 0 saturated carbocycles. The third kappa shape index (κ3) is 4.49. The highest BCUT2D eigenvalue weighted by molar-refractivity contribution is 5.74. The Balaban J connectivity index is 1.74. The van der Waals surface area contributed by atoms with Gasteiger partial charge in [-0.25, -0.2) is 14.2 Å². The van der Waals surface area contributed by atoms with Gasteiger partial charge in [0.05, 0.1) is 7.11 Å². The lowest BCUT2D eigenvalue weighted by atomic mass is 10.1. The number of methoxy groups -OCH3 is 1. The molecule has 2 amide bonds. The quantitative estimate of drug-likeness (QED) is 0.686. The van der Waals surface area contributed by atoms with Gasteiger partial charge in [-0.05, 0) is 41.8 Å². The van der Waals surface area contributed by atoms with Gasteiger partial charge < -0.3 is 19.9 Å². The van der Waals surface area contributed by atoms with E-state index in [0.717, 1.165) is 11.3 Å². The Morgan fingerprint density at radius 1 is 1.25 bits per heavy atom. The number of halogens is 1. The molecule has 146 valence electrons. The van der Waals surface area contributed by atoms with Crippen LogP contribution < -0.4 is 15.4 Å². The van der Waals surface area contributed by atoms with Crippen LogP contribution in [0.5, 0.6) is 5.75 Å². The molecule has 0 radical (unpaired) electrons. The number of imidazole rings is 1. The van der Waals surface area contributed by atoms with Crippen LogP contribution in [0.15, 0.2) is 54.9 Å². The van der Waals surface area contributed by atoms with Gasteiger partial charge in [0.1, 0.15) is 23.4 Å². The molecule has 0 fully saturated rings. The van der Waals surface area contributed by atoms with Gasteiger partial charge in [-0.3, -0.25) is 0 Å². The first-order chi connectivity index (χ1) is 13.5. The lowest BCUT2D eigenvalue weighted by Crippen LogP contribution is -2.38. The zero-order chi connectivity index (χ0) is 20.1. The van der Waals surface area contributed by atoms with Crippen LogP contribution in [-0.2, 0) is 13.6 Å². The van der Waals surface area contributed by atoms with Crippen LogP contribution in [0.3, 0.4) is 0 Å². The number of hydrogen-bond donors (Lipinski definition) is 2. The molecule has 0 saturated heterocycles. The molecule has 28 heavy (non-hydrogen) atoms. The summed E-state index contributed by atoms with van der Waals surface area (Å²) in [6.07, 6.45) is 3.50. The van der Waals surface area contributed by atoms with E-state index in [0.29, 0.717) is 17.0 Å². The Morgan fingerprint density at radius 2 is 2.00 bits per heavy atom. The fourth-order valence-corrected chi connectivity index (χ4v) is 2.86. The predicted octanol–water partition coefficient (Wildman–Crippen LogP) is 3.47. The van der Waals surface area contributed by atoms with Crippen molar-refractivity contribution in [1.29, 1.82) is 0 Å².